The Morgan fingerprint density at radius 3 is 2.59 bits per heavy atom. The van der Waals surface area contributed by atoms with Gasteiger partial charge in [-0.25, -0.2) is 0 Å². The van der Waals surface area contributed by atoms with Crippen LogP contribution >= 0.6 is 0 Å². The highest BCUT2D eigenvalue weighted by molar-refractivity contribution is 5.67. The van der Waals surface area contributed by atoms with Crippen molar-refractivity contribution in [1.29, 1.82) is 0 Å². The molecule has 96 valence electrons. The molecule has 0 aliphatic carbocycles. The fraction of sp³-hybridized carbons (Fsp3) is 0.750. The minimum absolute atomic E-state index is 0.144. The van der Waals surface area contributed by atoms with Crippen molar-refractivity contribution in [3.63, 3.8) is 0 Å². The zero-order valence-corrected chi connectivity index (χ0v) is 11.0. The highest BCUT2D eigenvalue weighted by atomic mass is 16.4. The summed E-state index contributed by atoms with van der Waals surface area (Å²) in [6.45, 7) is 8.81. The number of aryl methyl sites for hydroxylation is 1. The van der Waals surface area contributed by atoms with Crippen LogP contribution in [0.25, 0.3) is 0 Å². The molecule has 0 radical (unpaired) electrons. The van der Waals surface area contributed by atoms with Crippen LogP contribution in [0.15, 0.2) is 0 Å². The summed E-state index contributed by atoms with van der Waals surface area (Å²) in [5, 5.41) is 17.1. The highest BCUT2D eigenvalue weighted by Crippen LogP contribution is 2.25. The third-order valence-electron chi connectivity index (χ3n) is 2.73. The molecule has 0 bridgehead atoms. The van der Waals surface area contributed by atoms with E-state index in [-0.39, 0.29) is 11.8 Å². The minimum Gasteiger partial charge on any atom is -0.481 e. The maximum absolute atomic E-state index is 10.8. The molecule has 0 fully saturated rings. The van der Waals surface area contributed by atoms with Crippen molar-refractivity contribution in [3.05, 3.63) is 11.6 Å². The minimum atomic E-state index is -0.770. The zero-order chi connectivity index (χ0) is 13.1. The van der Waals surface area contributed by atoms with Crippen LogP contribution in [0.3, 0.4) is 0 Å². The van der Waals surface area contributed by atoms with Crippen LogP contribution in [0, 0.1) is 12.3 Å². The Bertz CT molecular complexity index is 396. The summed E-state index contributed by atoms with van der Waals surface area (Å²) in [5.74, 6) is 1.01. The monoisotopic (exact) mass is 239 g/mol. The van der Waals surface area contributed by atoms with Gasteiger partial charge in [0.15, 0.2) is 0 Å². The standard InChI is InChI=1S/C12H21N3O2/c1-5-6-15-9(2)13-14-10(15)7-12(3,4)8-11(16)17/h5-8H2,1-4H3,(H,16,17). The molecule has 1 heterocycles. The van der Waals surface area contributed by atoms with Gasteiger partial charge in [0, 0.05) is 13.0 Å². The van der Waals surface area contributed by atoms with Crippen molar-refractivity contribution in [2.75, 3.05) is 0 Å². The van der Waals surface area contributed by atoms with Crippen molar-refractivity contribution in [1.82, 2.24) is 14.8 Å². The summed E-state index contributed by atoms with van der Waals surface area (Å²) >= 11 is 0. The number of carboxylic acids is 1. The summed E-state index contributed by atoms with van der Waals surface area (Å²) in [4.78, 5) is 10.8. The second-order valence-corrected chi connectivity index (χ2v) is 5.23. The van der Waals surface area contributed by atoms with Gasteiger partial charge in [0.25, 0.3) is 0 Å². The van der Waals surface area contributed by atoms with Crippen molar-refractivity contribution in [2.45, 2.75) is 53.5 Å². The lowest BCUT2D eigenvalue weighted by Gasteiger charge is -2.22. The first kappa shape index (κ1) is 13.7. The Morgan fingerprint density at radius 1 is 1.41 bits per heavy atom. The number of nitrogens with zero attached hydrogens (tertiary/aromatic N) is 3. The first-order valence-electron chi connectivity index (χ1n) is 5.96. The SMILES string of the molecule is CCCn1c(C)nnc1CC(C)(C)CC(=O)O. The molecule has 0 saturated heterocycles. The zero-order valence-electron chi connectivity index (χ0n) is 11.0. The van der Waals surface area contributed by atoms with Gasteiger partial charge in [-0.3, -0.25) is 4.79 Å². The van der Waals surface area contributed by atoms with Crippen LogP contribution in [-0.4, -0.2) is 25.8 Å². The number of hydrogen-bond acceptors (Lipinski definition) is 3. The lowest BCUT2D eigenvalue weighted by molar-refractivity contribution is -0.139. The molecule has 1 N–H and O–H groups in total. The van der Waals surface area contributed by atoms with Crippen molar-refractivity contribution >= 4 is 5.97 Å². The number of aromatic nitrogens is 3. The molecule has 0 spiro atoms. The topological polar surface area (TPSA) is 68.0 Å². The molecule has 1 rings (SSSR count). The fourth-order valence-electron chi connectivity index (χ4n) is 1.97. The largest absolute Gasteiger partial charge is 0.481 e. The van der Waals surface area contributed by atoms with E-state index < -0.39 is 5.97 Å². The Labute approximate surface area is 102 Å². The number of carboxylic acid groups (broad SMARTS) is 1. The predicted molar refractivity (Wildman–Crippen MR) is 64.8 cm³/mol. The first-order valence-corrected chi connectivity index (χ1v) is 5.96. The van der Waals surface area contributed by atoms with Gasteiger partial charge in [0.1, 0.15) is 11.6 Å². The van der Waals surface area contributed by atoms with E-state index in [2.05, 4.69) is 21.7 Å². The molecule has 1 aromatic heterocycles. The molecule has 0 aromatic carbocycles. The molecule has 0 unspecified atom stereocenters. The average Bonchev–Trinajstić information content (AvgIpc) is 2.47. The van der Waals surface area contributed by atoms with Crippen LogP contribution < -0.4 is 0 Å². The van der Waals surface area contributed by atoms with Crippen LogP contribution in [-0.2, 0) is 17.8 Å². The Hall–Kier alpha value is -1.39. The fourth-order valence-corrected chi connectivity index (χ4v) is 1.97. The lowest BCUT2D eigenvalue weighted by Crippen LogP contribution is -2.22. The van der Waals surface area contributed by atoms with E-state index in [9.17, 15) is 4.79 Å². The van der Waals surface area contributed by atoms with Gasteiger partial charge in [-0.15, -0.1) is 10.2 Å². The van der Waals surface area contributed by atoms with Crippen molar-refractivity contribution in [3.8, 4) is 0 Å². The number of carbonyl (C=O) groups is 1. The van der Waals surface area contributed by atoms with E-state index in [0.717, 1.165) is 24.6 Å². The van der Waals surface area contributed by atoms with Crippen LogP contribution in [0.2, 0.25) is 0 Å². The summed E-state index contributed by atoms with van der Waals surface area (Å²) in [6.07, 6.45) is 1.80. The van der Waals surface area contributed by atoms with E-state index in [0.29, 0.717) is 6.42 Å². The smallest absolute Gasteiger partial charge is 0.303 e. The molecule has 17 heavy (non-hydrogen) atoms. The van der Waals surface area contributed by atoms with Gasteiger partial charge >= 0.3 is 5.97 Å². The van der Waals surface area contributed by atoms with Gasteiger partial charge in [-0.05, 0) is 18.8 Å². The van der Waals surface area contributed by atoms with E-state index in [1.165, 1.54) is 0 Å². The Morgan fingerprint density at radius 2 is 2.06 bits per heavy atom. The van der Waals surface area contributed by atoms with Gasteiger partial charge in [-0.1, -0.05) is 20.8 Å². The summed E-state index contributed by atoms with van der Waals surface area (Å²) < 4.78 is 2.07. The third kappa shape index (κ3) is 3.84. The molecule has 1 aromatic rings. The van der Waals surface area contributed by atoms with Gasteiger partial charge < -0.3 is 9.67 Å². The van der Waals surface area contributed by atoms with Crippen LogP contribution in [0.5, 0.6) is 0 Å². The molecular formula is C12H21N3O2. The molecule has 5 nitrogen and oxygen atoms in total. The summed E-state index contributed by atoms with van der Waals surface area (Å²) in [7, 11) is 0. The first-order chi connectivity index (χ1) is 7.85. The maximum atomic E-state index is 10.8. The third-order valence-corrected chi connectivity index (χ3v) is 2.73. The molecular weight excluding hydrogens is 218 g/mol. The summed E-state index contributed by atoms with van der Waals surface area (Å²) in [5.41, 5.74) is -0.295. The Balaban J connectivity index is 2.83. The van der Waals surface area contributed by atoms with Crippen molar-refractivity contribution in [2.24, 2.45) is 5.41 Å². The Kier molecular flexibility index (Phi) is 4.26. The molecule has 0 saturated carbocycles. The lowest BCUT2D eigenvalue weighted by atomic mass is 9.85. The van der Waals surface area contributed by atoms with Gasteiger partial charge in [0.05, 0.1) is 6.42 Å². The molecule has 0 amide bonds. The second-order valence-electron chi connectivity index (χ2n) is 5.23. The molecule has 5 heteroatoms. The normalized spacial score (nSPS) is 11.8. The predicted octanol–water partition coefficient (Wildman–Crippen LogP) is 2.04. The maximum Gasteiger partial charge on any atom is 0.303 e. The number of aliphatic carboxylic acids is 1. The molecule has 0 aliphatic rings. The van der Waals surface area contributed by atoms with Crippen molar-refractivity contribution < 1.29 is 9.90 Å². The quantitative estimate of drug-likeness (QED) is 0.824. The van der Waals surface area contributed by atoms with Crippen LogP contribution in [0.4, 0.5) is 0 Å². The molecule has 0 atom stereocenters. The number of hydrogen-bond donors (Lipinski definition) is 1. The summed E-state index contributed by atoms with van der Waals surface area (Å²) in [6, 6.07) is 0. The van der Waals surface area contributed by atoms with Gasteiger partial charge in [-0.2, -0.15) is 0 Å². The van der Waals surface area contributed by atoms with Crippen LogP contribution in [0.1, 0.15) is 45.3 Å². The van der Waals surface area contributed by atoms with E-state index in [1.807, 2.05) is 20.8 Å². The molecule has 0 aliphatic heterocycles. The number of rotatable bonds is 6. The average molecular weight is 239 g/mol. The van der Waals surface area contributed by atoms with Gasteiger partial charge in [0.2, 0.25) is 0 Å². The van der Waals surface area contributed by atoms with E-state index in [1.54, 1.807) is 0 Å². The highest BCUT2D eigenvalue weighted by Gasteiger charge is 2.25. The van der Waals surface area contributed by atoms with E-state index in [4.69, 9.17) is 5.11 Å². The second kappa shape index (κ2) is 5.29. The van der Waals surface area contributed by atoms with E-state index >= 15 is 0 Å².